The van der Waals surface area contributed by atoms with E-state index in [4.69, 9.17) is 0 Å². The number of benzene rings is 1. The van der Waals surface area contributed by atoms with Gasteiger partial charge in [0.15, 0.2) is 0 Å². The Morgan fingerprint density at radius 2 is 1.95 bits per heavy atom. The molecule has 0 amide bonds. The van der Waals surface area contributed by atoms with Crippen molar-refractivity contribution in [2.75, 3.05) is 37.6 Å². The minimum absolute atomic E-state index is 0.600. The smallest absolute Gasteiger partial charge is 0.0404 e. The van der Waals surface area contributed by atoms with Crippen LogP contribution in [0.4, 0.5) is 5.69 Å². The predicted octanol–water partition coefficient (Wildman–Crippen LogP) is 2.25. The average Bonchev–Trinajstić information content (AvgIpc) is 2.47. The van der Waals surface area contributed by atoms with Gasteiger partial charge in [-0.2, -0.15) is 0 Å². The Morgan fingerprint density at radius 1 is 1.15 bits per heavy atom. The van der Waals surface area contributed by atoms with E-state index in [-0.39, 0.29) is 0 Å². The molecule has 20 heavy (non-hydrogen) atoms. The van der Waals surface area contributed by atoms with Crippen LogP contribution in [0.5, 0.6) is 0 Å². The molecule has 1 saturated heterocycles. The quantitative estimate of drug-likeness (QED) is 0.911. The maximum Gasteiger partial charge on any atom is 0.0404 e. The molecule has 0 atom stereocenters. The van der Waals surface area contributed by atoms with E-state index in [2.05, 4.69) is 47.2 Å². The van der Waals surface area contributed by atoms with E-state index < -0.39 is 0 Å². The molecule has 0 saturated carbocycles. The van der Waals surface area contributed by atoms with E-state index in [1.165, 1.54) is 49.3 Å². The van der Waals surface area contributed by atoms with Gasteiger partial charge in [-0.15, -0.1) is 0 Å². The van der Waals surface area contributed by atoms with Gasteiger partial charge in [0, 0.05) is 51.0 Å². The Labute approximate surface area is 123 Å². The molecule has 1 fully saturated rings. The normalized spacial score (nSPS) is 20.2. The first-order valence-corrected chi connectivity index (χ1v) is 8.05. The van der Waals surface area contributed by atoms with Crippen LogP contribution >= 0.6 is 0 Å². The van der Waals surface area contributed by atoms with E-state index in [1.807, 2.05) is 0 Å². The Balaban J connectivity index is 1.78. The van der Waals surface area contributed by atoms with Gasteiger partial charge < -0.3 is 10.2 Å². The van der Waals surface area contributed by atoms with Crippen LogP contribution in [-0.4, -0.2) is 43.7 Å². The van der Waals surface area contributed by atoms with Crippen LogP contribution < -0.4 is 10.2 Å². The number of hydrogen-bond donors (Lipinski definition) is 1. The van der Waals surface area contributed by atoms with Crippen molar-refractivity contribution in [1.29, 1.82) is 0 Å². The van der Waals surface area contributed by atoms with Crippen LogP contribution in [-0.2, 0) is 13.0 Å². The van der Waals surface area contributed by atoms with Gasteiger partial charge in [-0.25, -0.2) is 0 Å². The Kier molecular flexibility index (Phi) is 4.27. The number of anilines is 1. The number of nitrogens with zero attached hydrogens (tertiary/aromatic N) is 2. The molecule has 0 spiro atoms. The van der Waals surface area contributed by atoms with Crippen molar-refractivity contribution in [3.05, 3.63) is 29.3 Å². The van der Waals surface area contributed by atoms with E-state index in [9.17, 15) is 0 Å². The first-order chi connectivity index (χ1) is 9.74. The summed E-state index contributed by atoms with van der Waals surface area (Å²) < 4.78 is 0. The molecular weight excluding hydrogens is 246 g/mol. The summed E-state index contributed by atoms with van der Waals surface area (Å²) in [5.41, 5.74) is 4.49. The lowest BCUT2D eigenvalue weighted by atomic mass is 9.98. The molecule has 0 unspecified atom stereocenters. The molecule has 2 aliphatic heterocycles. The molecule has 3 nitrogen and oxygen atoms in total. The lowest BCUT2D eigenvalue weighted by Gasteiger charge is -2.35. The van der Waals surface area contributed by atoms with Crippen molar-refractivity contribution < 1.29 is 0 Å². The predicted molar refractivity (Wildman–Crippen MR) is 85.4 cm³/mol. The fourth-order valence-electron chi connectivity index (χ4n) is 3.41. The SMILES string of the molecule is CC(C)N1CCCc2ccc(CN3CCNCC3)cc21. The van der Waals surface area contributed by atoms with Crippen LogP contribution in [0.15, 0.2) is 18.2 Å². The minimum Gasteiger partial charge on any atom is -0.369 e. The lowest BCUT2D eigenvalue weighted by molar-refractivity contribution is 0.233. The molecule has 3 heteroatoms. The van der Waals surface area contributed by atoms with Gasteiger partial charge in [0.1, 0.15) is 0 Å². The van der Waals surface area contributed by atoms with Crippen molar-refractivity contribution in [1.82, 2.24) is 10.2 Å². The molecule has 110 valence electrons. The summed E-state index contributed by atoms with van der Waals surface area (Å²) in [6, 6.07) is 7.74. The van der Waals surface area contributed by atoms with Gasteiger partial charge in [-0.05, 0) is 43.9 Å². The number of piperazine rings is 1. The highest BCUT2D eigenvalue weighted by molar-refractivity contribution is 5.57. The molecule has 1 aromatic carbocycles. The fourth-order valence-corrected chi connectivity index (χ4v) is 3.41. The van der Waals surface area contributed by atoms with E-state index in [0.717, 1.165) is 19.6 Å². The van der Waals surface area contributed by atoms with Gasteiger partial charge in [0.2, 0.25) is 0 Å². The van der Waals surface area contributed by atoms with Crippen molar-refractivity contribution >= 4 is 5.69 Å². The zero-order valence-corrected chi connectivity index (χ0v) is 12.9. The second-order valence-electron chi connectivity index (χ2n) is 6.38. The van der Waals surface area contributed by atoms with Gasteiger partial charge in [-0.1, -0.05) is 12.1 Å². The van der Waals surface area contributed by atoms with Gasteiger partial charge >= 0.3 is 0 Å². The number of hydrogen-bond acceptors (Lipinski definition) is 3. The van der Waals surface area contributed by atoms with Crippen molar-refractivity contribution in [3.8, 4) is 0 Å². The summed E-state index contributed by atoms with van der Waals surface area (Å²) in [6.45, 7) is 11.5. The zero-order valence-electron chi connectivity index (χ0n) is 12.9. The Hall–Kier alpha value is -1.06. The second kappa shape index (κ2) is 6.15. The van der Waals surface area contributed by atoms with Crippen LogP contribution in [0.2, 0.25) is 0 Å². The van der Waals surface area contributed by atoms with Crippen LogP contribution in [0, 0.1) is 0 Å². The van der Waals surface area contributed by atoms with Crippen molar-refractivity contribution in [3.63, 3.8) is 0 Å². The summed E-state index contributed by atoms with van der Waals surface area (Å²) in [4.78, 5) is 5.13. The standard InChI is InChI=1S/C17H27N3/c1-14(2)20-9-3-4-16-6-5-15(12-17(16)20)13-19-10-7-18-8-11-19/h5-6,12,14,18H,3-4,7-11,13H2,1-2H3. The molecular formula is C17H27N3. The third kappa shape index (κ3) is 2.99. The van der Waals surface area contributed by atoms with Gasteiger partial charge in [0.05, 0.1) is 0 Å². The first kappa shape index (κ1) is 13.9. The maximum atomic E-state index is 3.42. The van der Waals surface area contributed by atoms with Crippen LogP contribution in [0.3, 0.4) is 0 Å². The summed E-state index contributed by atoms with van der Waals surface area (Å²) >= 11 is 0. The van der Waals surface area contributed by atoms with Gasteiger partial charge in [-0.3, -0.25) is 4.90 Å². The number of rotatable bonds is 3. The summed E-state index contributed by atoms with van der Waals surface area (Å²) in [7, 11) is 0. The number of fused-ring (bicyclic) bond motifs is 1. The first-order valence-electron chi connectivity index (χ1n) is 8.05. The molecule has 2 heterocycles. The zero-order chi connectivity index (χ0) is 13.9. The highest BCUT2D eigenvalue weighted by Crippen LogP contribution is 2.30. The van der Waals surface area contributed by atoms with Crippen molar-refractivity contribution in [2.45, 2.75) is 39.3 Å². The van der Waals surface area contributed by atoms with Gasteiger partial charge in [0.25, 0.3) is 0 Å². The summed E-state index contributed by atoms with van der Waals surface area (Å²) in [6.07, 6.45) is 2.54. The molecule has 0 aliphatic carbocycles. The summed E-state index contributed by atoms with van der Waals surface area (Å²) in [5.74, 6) is 0. The maximum absolute atomic E-state index is 3.42. The number of nitrogens with one attached hydrogen (secondary N) is 1. The monoisotopic (exact) mass is 273 g/mol. The number of aryl methyl sites for hydroxylation is 1. The molecule has 0 aromatic heterocycles. The second-order valence-corrected chi connectivity index (χ2v) is 6.38. The topological polar surface area (TPSA) is 18.5 Å². The molecule has 2 aliphatic rings. The van der Waals surface area contributed by atoms with E-state index >= 15 is 0 Å². The fraction of sp³-hybridized carbons (Fsp3) is 0.647. The Bertz CT molecular complexity index is 450. The largest absolute Gasteiger partial charge is 0.369 e. The summed E-state index contributed by atoms with van der Waals surface area (Å²) in [5, 5.41) is 3.42. The minimum atomic E-state index is 0.600. The molecule has 1 aromatic rings. The molecule has 0 radical (unpaired) electrons. The highest BCUT2D eigenvalue weighted by Gasteiger charge is 2.20. The lowest BCUT2D eigenvalue weighted by Crippen LogP contribution is -2.43. The van der Waals surface area contributed by atoms with Crippen molar-refractivity contribution in [2.24, 2.45) is 0 Å². The Morgan fingerprint density at radius 3 is 2.70 bits per heavy atom. The van der Waals surface area contributed by atoms with Crippen LogP contribution in [0.25, 0.3) is 0 Å². The van der Waals surface area contributed by atoms with E-state index in [1.54, 1.807) is 0 Å². The third-order valence-electron chi connectivity index (χ3n) is 4.54. The molecule has 3 rings (SSSR count). The average molecular weight is 273 g/mol. The van der Waals surface area contributed by atoms with Crippen LogP contribution in [0.1, 0.15) is 31.4 Å². The highest BCUT2D eigenvalue weighted by atomic mass is 15.2. The molecule has 0 bridgehead atoms. The molecule has 1 N–H and O–H groups in total. The third-order valence-corrected chi connectivity index (χ3v) is 4.54. The van der Waals surface area contributed by atoms with E-state index in [0.29, 0.717) is 6.04 Å².